The highest BCUT2D eigenvalue weighted by Gasteiger charge is 2.14. The van der Waals surface area contributed by atoms with Crippen LogP contribution in [0.25, 0.3) is 0 Å². The Labute approximate surface area is 99.2 Å². The number of nitrogens with zero attached hydrogens (tertiary/aromatic N) is 1. The van der Waals surface area contributed by atoms with Crippen molar-refractivity contribution in [2.24, 2.45) is 5.73 Å². The molecule has 4 heteroatoms. The van der Waals surface area contributed by atoms with Gasteiger partial charge in [0.15, 0.2) is 0 Å². The molecule has 0 aliphatic carbocycles. The monoisotopic (exact) mass is 271 g/mol. The van der Waals surface area contributed by atoms with Gasteiger partial charge in [0, 0.05) is 12.2 Å². The van der Waals surface area contributed by atoms with E-state index in [9.17, 15) is 0 Å². The van der Waals surface area contributed by atoms with Crippen molar-refractivity contribution in [2.75, 3.05) is 19.6 Å². The lowest BCUT2D eigenvalue weighted by Gasteiger charge is -2.13. The van der Waals surface area contributed by atoms with Crippen molar-refractivity contribution in [3.8, 4) is 0 Å². The molecule has 3 nitrogen and oxygen atoms in total. The zero-order valence-electron chi connectivity index (χ0n) is 8.93. The molecule has 1 aromatic heterocycles. The number of halogens is 1. The Bertz CT molecular complexity index is 316. The van der Waals surface area contributed by atoms with Crippen molar-refractivity contribution in [3.63, 3.8) is 0 Å². The summed E-state index contributed by atoms with van der Waals surface area (Å²) >= 11 is 3.57. The van der Waals surface area contributed by atoms with E-state index in [1.165, 1.54) is 37.2 Å². The molecule has 15 heavy (non-hydrogen) atoms. The van der Waals surface area contributed by atoms with Gasteiger partial charge in [0.1, 0.15) is 0 Å². The van der Waals surface area contributed by atoms with Gasteiger partial charge in [-0.25, -0.2) is 0 Å². The van der Waals surface area contributed by atoms with Crippen molar-refractivity contribution in [1.82, 2.24) is 9.88 Å². The maximum absolute atomic E-state index is 5.54. The van der Waals surface area contributed by atoms with Crippen molar-refractivity contribution >= 4 is 15.9 Å². The van der Waals surface area contributed by atoms with Crippen LogP contribution in [0, 0.1) is 0 Å². The number of rotatable bonds is 4. The largest absolute Gasteiger partial charge is 0.353 e. The van der Waals surface area contributed by atoms with Gasteiger partial charge in [-0.1, -0.05) is 0 Å². The van der Waals surface area contributed by atoms with Gasteiger partial charge in [-0.15, -0.1) is 0 Å². The Kier molecular flexibility index (Phi) is 3.83. The second kappa shape index (κ2) is 5.14. The second-order valence-electron chi connectivity index (χ2n) is 4.16. The molecule has 3 N–H and O–H groups in total. The summed E-state index contributed by atoms with van der Waals surface area (Å²) in [7, 11) is 0. The fraction of sp³-hybridized carbons (Fsp3) is 0.636. The number of hydrogen-bond donors (Lipinski definition) is 2. The SMILES string of the molecule is NCCc1cc(CN2CCCC2)c(Br)[nH]1. The highest BCUT2D eigenvalue weighted by molar-refractivity contribution is 9.10. The van der Waals surface area contributed by atoms with Gasteiger partial charge < -0.3 is 10.7 Å². The maximum atomic E-state index is 5.54. The van der Waals surface area contributed by atoms with E-state index >= 15 is 0 Å². The number of aromatic nitrogens is 1. The highest BCUT2D eigenvalue weighted by atomic mass is 79.9. The molecule has 0 aromatic carbocycles. The first-order valence-electron chi connectivity index (χ1n) is 5.58. The summed E-state index contributed by atoms with van der Waals surface area (Å²) in [6, 6.07) is 2.23. The lowest BCUT2D eigenvalue weighted by molar-refractivity contribution is 0.331. The molecule has 0 bridgehead atoms. The predicted octanol–water partition coefficient (Wildman–Crippen LogP) is 1.87. The van der Waals surface area contributed by atoms with E-state index < -0.39 is 0 Å². The number of hydrogen-bond acceptors (Lipinski definition) is 2. The number of nitrogens with two attached hydrogens (primary N) is 1. The minimum atomic E-state index is 0.704. The molecule has 0 saturated carbocycles. The fourth-order valence-electron chi connectivity index (χ4n) is 2.12. The minimum absolute atomic E-state index is 0.704. The van der Waals surface area contributed by atoms with Crippen LogP contribution < -0.4 is 5.73 Å². The molecule has 1 saturated heterocycles. The van der Waals surface area contributed by atoms with Gasteiger partial charge in [-0.05, 0) is 66.5 Å². The Morgan fingerprint density at radius 1 is 1.40 bits per heavy atom. The highest BCUT2D eigenvalue weighted by Crippen LogP contribution is 2.21. The van der Waals surface area contributed by atoms with E-state index in [0.29, 0.717) is 6.54 Å². The molecule has 1 aliphatic rings. The topological polar surface area (TPSA) is 45.0 Å². The van der Waals surface area contributed by atoms with Crippen LogP contribution in [0.1, 0.15) is 24.1 Å². The third kappa shape index (κ3) is 2.83. The predicted molar refractivity (Wildman–Crippen MR) is 65.8 cm³/mol. The van der Waals surface area contributed by atoms with Gasteiger partial charge in [0.2, 0.25) is 0 Å². The molecule has 2 heterocycles. The van der Waals surface area contributed by atoms with Crippen molar-refractivity contribution in [2.45, 2.75) is 25.8 Å². The van der Waals surface area contributed by atoms with Crippen LogP contribution in [-0.4, -0.2) is 29.5 Å². The molecular formula is C11H18BrN3. The first-order valence-corrected chi connectivity index (χ1v) is 6.37. The van der Waals surface area contributed by atoms with E-state index in [1.54, 1.807) is 0 Å². The molecule has 1 fully saturated rings. The van der Waals surface area contributed by atoms with Gasteiger partial charge >= 0.3 is 0 Å². The molecule has 0 radical (unpaired) electrons. The quantitative estimate of drug-likeness (QED) is 0.879. The molecule has 0 unspecified atom stereocenters. The Morgan fingerprint density at radius 3 is 2.80 bits per heavy atom. The van der Waals surface area contributed by atoms with Crippen molar-refractivity contribution in [1.29, 1.82) is 0 Å². The van der Waals surface area contributed by atoms with Gasteiger partial charge in [-0.3, -0.25) is 4.90 Å². The van der Waals surface area contributed by atoms with Gasteiger partial charge in [0.05, 0.1) is 4.60 Å². The maximum Gasteiger partial charge on any atom is 0.0867 e. The van der Waals surface area contributed by atoms with Crippen molar-refractivity contribution < 1.29 is 0 Å². The zero-order valence-corrected chi connectivity index (χ0v) is 10.5. The Hall–Kier alpha value is -0.320. The summed E-state index contributed by atoms with van der Waals surface area (Å²) in [6.45, 7) is 4.24. The van der Waals surface area contributed by atoms with Crippen LogP contribution in [0.2, 0.25) is 0 Å². The Balaban J connectivity index is 2.00. The third-order valence-electron chi connectivity index (χ3n) is 2.91. The molecule has 0 atom stereocenters. The van der Waals surface area contributed by atoms with E-state index in [2.05, 4.69) is 31.9 Å². The second-order valence-corrected chi connectivity index (χ2v) is 4.95. The van der Waals surface area contributed by atoms with Crippen LogP contribution in [0.4, 0.5) is 0 Å². The van der Waals surface area contributed by atoms with E-state index in [4.69, 9.17) is 5.73 Å². The van der Waals surface area contributed by atoms with Crippen LogP contribution in [0.3, 0.4) is 0 Å². The summed E-state index contributed by atoms with van der Waals surface area (Å²) in [5, 5.41) is 0. The average molecular weight is 272 g/mol. The number of nitrogens with one attached hydrogen (secondary N) is 1. The smallest absolute Gasteiger partial charge is 0.0867 e. The molecular weight excluding hydrogens is 254 g/mol. The van der Waals surface area contributed by atoms with Crippen LogP contribution in [-0.2, 0) is 13.0 Å². The first kappa shape index (κ1) is 11.2. The van der Waals surface area contributed by atoms with Gasteiger partial charge in [-0.2, -0.15) is 0 Å². The first-order chi connectivity index (χ1) is 7.29. The van der Waals surface area contributed by atoms with E-state index in [1.807, 2.05) is 0 Å². The zero-order chi connectivity index (χ0) is 10.7. The Morgan fingerprint density at radius 2 is 2.13 bits per heavy atom. The van der Waals surface area contributed by atoms with Crippen molar-refractivity contribution in [3.05, 3.63) is 21.9 Å². The molecule has 0 amide bonds. The lowest BCUT2D eigenvalue weighted by Crippen LogP contribution is -2.18. The summed E-state index contributed by atoms with van der Waals surface area (Å²) in [4.78, 5) is 5.83. The number of aromatic amines is 1. The number of H-pyrrole nitrogens is 1. The molecule has 1 aromatic rings. The summed E-state index contributed by atoms with van der Waals surface area (Å²) in [5.41, 5.74) is 8.13. The summed E-state index contributed by atoms with van der Waals surface area (Å²) < 4.78 is 1.12. The van der Waals surface area contributed by atoms with E-state index in [0.717, 1.165) is 17.6 Å². The lowest BCUT2D eigenvalue weighted by atomic mass is 10.2. The average Bonchev–Trinajstić information content (AvgIpc) is 2.79. The van der Waals surface area contributed by atoms with Crippen LogP contribution in [0.15, 0.2) is 10.7 Å². The third-order valence-corrected chi connectivity index (χ3v) is 3.61. The molecule has 1 aliphatic heterocycles. The molecule has 2 rings (SSSR count). The van der Waals surface area contributed by atoms with Crippen LogP contribution in [0.5, 0.6) is 0 Å². The minimum Gasteiger partial charge on any atom is -0.353 e. The fourth-order valence-corrected chi connectivity index (χ4v) is 2.61. The normalized spacial score (nSPS) is 17.5. The summed E-state index contributed by atoms with van der Waals surface area (Å²) in [5.74, 6) is 0. The summed E-state index contributed by atoms with van der Waals surface area (Å²) in [6.07, 6.45) is 3.62. The van der Waals surface area contributed by atoms with Gasteiger partial charge in [0.25, 0.3) is 0 Å². The van der Waals surface area contributed by atoms with E-state index in [-0.39, 0.29) is 0 Å². The van der Waals surface area contributed by atoms with Crippen LogP contribution >= 0.6 is 15.9 Å². The molecule has 0 spiro atoms. The standard InChI is InChI=1S/C11H18BrN3/c12-11-9(7-10(14-11)3-4-13)8-15-5-1-2-6-15/h7,14H,1-6,8,13H2. The molecule has 84 valence electrons. The number of likely N-dealkylation sites (tertiary alicyclic amines) is 1.